The lowest BCUT2D eigenvalue weighted by atomic mass is 9.89. The van der Waals surface area contributed by atoms with E-state index in [0.29, 0.717) is 0 Å². The molecule has 0 aliphatic heterocycles. The molecule has 0 unspecified atom stereocenters. The molecular weight excluding hydrogens is 458 g/mol. The molecule has 38 heavy (non-hydrogen) atoms. The van der Waals surface area contributed by atoms with Gasteiger partial charge in [0.15, 0.2) is 0 Å². The summed E-state index contributed by atoms with van der Waals surface area (Å²) in [4.78, 5) is 5.27. The van der Waals surface area contributed by atoms with Crippen LogP contribution in [0, 0.1) is 0 Å². The SMILES string of the molecule is c1ccc2cc(-c3ccc(-c4nc5ccccc5c5c6ccccc6c6ccccc6c45)cc3)ccc2c1. The zero-order valence-corrected chi connectivity index (χ0v) is 20.7. The number of hydrogen-bond acceptors (Lipinski definition) is 1. The molecule has 0 spiro atoms. The average molecular weight is 482 g/mol. The van der Waals surface area contributed by atoms with Crippen molar-refractivity contribution in [2.24, 2.45) is 0 Å². The van der Waals surface area contributed by atoms with E-state index in [1.807, 2.05) is 0 Å². The third kappa shape index (κ3) is 3.16. The minimum absolute atomic E-state index is 1.02. The van der Waals surface area contributed by atoms with Gasteiger partial charge < -0.3 is 0 Å². The minimum atomic E-state index is 1.02. The summed E-state index contributed by atoms with van der Waals surface area (Å²) in [6.07, 6.45) is 0. The van der Waals surface area contributed by atoms with Gasteiger partial charge >= 0.3 is 0 Å². The van der Waals surface area contributed by atoms with Crippen molar-refractivity contribution < 1.29 is 0 Å². The standard InChI is InChI=1S/C37H23N/c1-2-10-27-23-28(22-19-24(27)9-1)25-17-20-26(21-18-25)37-36-32-14-6-4-12-30(32)29-11-3-5-13-31(29)35(36)33-15-7-8-16-34(33)38-37/h1-23H. The predicted molar refractivity (Wildman–Crippen MR) is 163 cm³/mol. The van der Waals surface area contributed by atoms with Crippen LogP contribution in [0.15, 0.2) is 140 Å². The Morgan fingerprint density at radius 3 is 1.61 bits per heavy atom. The third-order valence-electron chi connectivity index (χ3n) is 7.82. The first-order valence-electron chi connectivity index (χ1n) is 13.1. The number of pyridine rings is 1. The molecule has 1 heterocycles. The highest BCUT2D eigenvalue weighted by Crippen LogP contribution is 2.42. The first-order valence-corrected chi connectivity index (χ1v) is 13.1. The Labute approximate surface area is 220 Å². The molecule has 8 aromatic rings. The number of fused-ring (bicyclic) bond motifs is 9. The van der Waals surface area contributed by atoms with Crippen molar-refractivity contribution in [3.8, 4) is 22.4 Å². The third-order valence-corrected chi connectivity index (χ3v) is 7.82. The zero-order chi connectivity index (χ0) is 25.1. The van der Waals surface area contributed by atoms with Gasteiger partial charge in [-0.1, -0.05) is 127 Å². The number of hydrogen-bond donors (Lipinski definition) is 0. The van der Waals surface area contributed by atoms with E-state index in [1.54, 1.807) is 0 Å². The minimum Gasteiger partial charge on any atom is -0.247 e. The van der Waals surface area contributed by atoms with E-state index in [-0.39, 0.29) is 0 Å². The Morgan fingerprint density at radius 1 is 0.342 bits per heavy atom. The van der Waals surface area contributed by atoms with Gasteiger partial charge in [0.1, 0.15) is 0 Å². The van der Waals surface area contributed by atoms with Crippen molar-refractivity contribution in [1.82, 2.24) is 4.98 Å². The largest absolute Gasteiger partial charge is 0.247 e. The molecule has 0 atom stereocenters. The summed E-state index contributed by atoms with van der Waals surface area (Å²) < 4.78 is 0. The fourth-order valence-electron chi connectivity index (χ4n) is 6.02. The molecule has 0 aliphatic rings. The lowest BCUT2D eigenvalue weighted by Crippen LogP contribution is -1.93. The molecule has 0 fully saturated rings. The van der Waals surface area contributed by atoms with Crippen LogP contribution in [0.3, 0.4) is 0 Å². The maximum Gasteiger partial charge on any atom is 0.0794 e. The number of para-hydroxylation sites is 1. The van der Waals surface area contributed by atoms with E-state index in [1.165, 1.54) is 59.6 Å². The van der Waals surface area contributed by atoms with Gasteiger partial charge in [0.05, 0.1) is 11.2 Å². The Hall–Kier alpha value is -5.01. The fraction of sp³-hybridized carbons (Fsp3) is 0. The van der Waals surface area contributed by atoms with Crippen LogP contribution in [0.25, 0.3) is 76.4 Å². The Balaban J connectivity index is 1.42. The maximum atomic E-state index is 5.27. The monoisotopic (exact) mass is 481 g/mol. The highest BCUT2D eigenvalue weighted by molar-refractivity contribution is 6.33. The van der Waals surface area contributed by atoms with E-state index < -0.39 is 0 Å². The molecule has 0 bridgehead atoms. The molecule has 0 aliphatic carbocycles. The van der Waals surface area contributed by atoms with Crippen LogP contribution < -0.4 is 0 Å². The normalized spacial score (nSPS) is 11.7. The van der Waals surface area contributed by atoms with Gasteiger partial charge in [0, 0.05) is 21.7 Å². The van der Waals surface area contributed by atoms with Gasteiger partial charge in [0.25, 0.3) is 0 Å². The number of rotatable bonds is 2. The summed E-state index contributed by atoms with van der Waals surface area (Å²) >= 11 is 0. The van der Waals surface area contributed by atoms with Gasteiger partial charge in [0.2, 0.25) is 0 Å². The summed E-state index contributed by atoms with van der Waals surface area (Å²) in [5.74, 6) is 0. The first kappa shape index (κ1) is 21.1. The van der Waals surface area contributed by atoms with Gasteiger partial charge in [-0.3, -0.25) is 0 Å². The van der Waals surface area contributed by atoms with Crippen LogP contribution in [-0.4, -0.2) is 4.98 Å². The van der Waals surface area contributed by atoms with Crippen molar-refractivity contribution in [3.63, 3.8) is 0 Å². The lowest BCUT2D eigenvalue weighted by molar-refractivity contribution is 1.43. The van der Waals surface area contributed by atoms with Crippen molar-refractivity contribution in [1.29, 1.82) is 0 Å². The van der Waals surface area contributed by atoms with E-state index in [4.69, 9.17) is 4.98 Å². The molecule has 1 heteroatoms. The Kier molecular flexibility index (Phi) is 4.59. The van der Waals surface area contributed by atoms with Crippen LogP contribution in [0.4, 0.5) is 0 Å². The highest BCUT2D eigenvalue weighted by Gasteiger charge is 2.17. The van der Waals surface area contributed by atoms with Crippen molar-refractivity contribution in [3.05, 3.63) is 140 Å². The summed E-state index contributed by atoms with van der Waals surface area (Å²) in [6, 6.07) is 50.2. The van der Waals surface area contributed by atoms with Crippen molar-refractivity contribution >= 4 is 54.0 Å². The zero-order valence-electron chi connectivity index (χ0n) is 20.7. The topological polar surface area (TPSA) is 12.9 Å². The van der Waals surface area contributed by atoms with Crippen LogP contribution in [0.2, 0.25) is 0 Å². The molecule has 8 rings (SSSR count). The van der Waals surface area contributed by atoms with E-state index in [0.717, 1.165) is 16.8 Å². The Bertz CT molecular complexity index is 2170. The molecule has 0 saturated carbocycles. The molecule has 0 radical (unpaired) electrons. The van der Waals surface area contributed by atoms with Crippen LogP contribution in [0.1, 0.15) is 0 Å². The van der Waals surface area contributed by atoms with E-state index in [2.05, 4.69) is 140 Å². The predicted octanol–water partition coefficient (Wildman–Crippen LogP) is 10.2. The molecule has 0 saturated heterocycles. The molecule has 0 N–H and O–H groups in total. The summed E-state index contributed by atoms with van der Waals surface area (Å²) in [5, 5.41) is 11.3. The van der Waals surface area contributed by atoms with Crippen LogP contribution >= 0.6 is 0 Å². The van der Waals surface area contributed by atoms with E-state index in [9.17, 15) is 0 Å². The summed E-state index contributed by atoms with van der Waals surface area (Å²) in [7, 11) is 0. The molecule has 0 amide bonds. The van der Waals surface area contributed by atoms with Crippen LogP contribution in [-0.2, 0) is 0 Å². The molecule has 1 aromatic heterocycles. The Morgan fingerprint density at radius 2 is 0.868 bits per heavy atom. The quantitative estimate of drug-likeness (QED) is 0.224. The maximum absolute atomic E-state index is 5.27. The molecule has 176 valence electrons. The van der Waals surface area contributed by atoms with Gasteiger partial charge in [-0.25, -0.2) is 4.98 Å². The molecular formula is C37H23N. The van der Waals surface area contributed by atoms with Gasteiger partial charge in [-0.05, 0) is 55.6 Å². The van der Waals surface area contributed by atoms with Crippen molar-refractivity contribution in [2.75, 3.05) is 0 Å². The molecule has 1 nitrogen and oxygen atoms in total. The van der Waals surface area contributed by atoms with E-state index >= 15 is 0 Å². The fourth-order valence-corrected chi connectivity index (χ4v) is 6.02. The highest BCUT2D eigenvalue weighted by atomic mass is 14.7. The second-order valence-corrected chi connectivity index (χ2v) is 9.96. The number of benzene rings is 7. The lowest BCUT2D eigenvalue weighted by Gasteiger charge is -2.16. The smallest absolute Gasteiger partial charge is 0.0794 e. The second-order valence-electron chi connectivity index (χ2n) is 9.96. The molecule has 7 aromatic carbocycles. The number of nitrogens with zero attached hydrogens (tertiary/aromatic N) is 1. The summed E-state index contributed by atoms with van der Waals surface area (Å²) in [6.45, 7) is 0. The number of aromatic nitrogens is 1. The van der Waals surface area contributed by atoms with Crippen LogP contribution in [0.5, 0.6) is 0 Å². The second kappa shape index (κ2) is 8.26. The average Bonchev–Trinajstić information content (AvgIpc) is 3.00. The first-order chi connectivity index (χ1) is 18.8. The van der Waals surface area contributed by atoms with Gasteiger partial charge in [-0.15, -0.1) is 0 Å². The van der Waals surface area contributed by atoms with Crippen molar-refractivity contribution in [2.45, 2.75) is 0 Å². The summed E-state index contributed by atoms with van der Waals surface area (Å²) in [5.41, 5.74) is 5.62. The van der Waals surface area contributed by atoms with Gasteiger partial charge in [-0.2, -0.15) is 0 Å².